The zero-order valence-electron chi connectivity index (χ0n) is 18.2. The molecule has 1 heterocycles. The first-order valence-electron chi connectivity index (χ1n) is 9.49. The number of nitrogens with zero attached hydrogens (tertiary/aromatic N) is 1. The van der Waals surface area contributed by atoms with Gasteiger partial charge in [0.1, 0.15) is 0 Å². The van der Waals surface area contributed by atoms with Gasteiger partial charge in [-0.05, 0) is 47.9 Å². The van der Waals surface area contributed by atoms with Gasteiger partial charge in [-0.2, -0.15) is 24.9 Å². The third-order valence-electron chi connectivity index (χ3n) is 6.16. The lowest BCUT2D eigenvalue weighted by Gasteiger charge is -2.42. The van der Waals surface area contributed by atoms with E-state index < -0.39 is 28.3 Å². The Balaban J connectivity index is 0.00000420. The molecule has 8 nitrogen and oxygen atoms in total. The highest BCUT2D eigenvalue weighted by atomic mass is 31.2. The van der Waals surface area contributed by atoms with Crippen LogP contribution in [-0.2, 0) is 33.3 Å². The Bertz CT molecular complexity index is 615. The fourth-order valence-corrected chi connectivity index (χ4v) is 4.99. The van der Waals surface area contributed by atoms with Crippen molar-refractivity contribution < 1.29 is 33.8 Å². The summed E-state index contributed by atoms with van der Waals surface area (Å²) in [4.78, 5) is 36.6. The fourth-order valence-electron chi connectivity index (χ4n) is 4.48. The van der Waals surface area contributed by atoms with Crippen LogP contribution in [0.2, 0.25) is 0 Å². The summed E-state index contributed by atoms with van der Waals surface area (Å²) in [6.07, 6.45) is 2.82. The molecule has 12 heteroatoms. The second-order valence-electron chi connectivity index (χ2n) is 7.01. The monoisotopic (exact) mass is 503 g/mol. The highest BCUT2D eigenvalue weighted by Crippen LogP contribution is 2.55. The Morgan fingerprint density at radius 1 is 0.733 bits per heavy atom. The van der Waals surface area contributed by atoms with Crippen molar-refractivity contribution >= 4 is 37.0 Å². The van der Waals surface area contributed by atoms with E-state index in [0.29, 0.717) is 36.8 Å². The van der Waals surface area contributed by atoms with Crippen LogP contribution < -0.4 is 0 Å². The maximum absolute atomic E-state index is 11.3. The molecule has 1 aliphatic rings. The molecule has 30 heavy (non-hydrogen) atoms. The van der Waals surface area contributed by atoms with Crippen LogP contribution in [-0.4, -0.2) is 29.8 Å². The van der Waals surface area contributed by atoms with Gasteiger partial charge in [0, 0.05) is 0 Å². The smallest absolute Gasteiger partial charge is 0.327 e. The lowest BCUT2D eigenvalue weighted by molar-refractivity contribution is -0.241. The van der Waals surface area contributed by atoms with Gasteiger partial charge in [0.05, 0.1) is 24.3 Å². The zero-order valence-corrected chi connectivity index (χ0v) is 22.8. The van der Waals surface area contributed by atoms with E-state index in [1.165, 1.54) is 5.06 Å². The van der Waals surface area contributed by atoms with E-state index in [1.807, 2.05) is 39.8 Å². The summed E-state index contributed by atoms with van der Waals surface area (Å²) in [6.45, 7) is 8.04. The average Bonchev–Trinajstić information content (AvgIpc) is 2.88. The van der Waals surface area contributed by atoms with Crippen LogP contribution in [0.25, 0.3) is 0 Å². The molecule has 0 radical (unpaired) electrons. The van der Waals surface area contributed by atoms with Crippen LogP contribution >= 0.6 is 37.0 Å². The number of benzene rings is 1. The first kappa shape index (κ1) is 30.6. The van der Waals surface area contributed by atoms with Gasteiger partial charge >= 0.3 is 17.2 Å². The van der Waals surface area contributed by atoms with Gasteiger partial charge in [-0.1, -0.05) is 39.8 Å². The largest absolute Gasteiger partial charge is 0.328 e. The van der Waals surface area contributed by atoms with Gasteiger partial charge in [-0.25, -0.2) is 0 Å². The van der Waals surface area contributed by atoms with Crippen molar-refractivity contribution in [3.8, 4) is 0 Å². The molecule has 0 bridgehead atoms. The van der Waals surface area contributed by atoms with Crippen LogP contribution in [0.4, 0.5) is 0 Å². The predicted molar refractivity (Wildman–Crippen MR) is 129 cm³/mol. The van der Waals surface area contributed by atoms with Gasteiger partial charge < -0.3 is 33.8 Å². The minimum absolute atomic E-state index is 0. The Morgan fingerprint density at radius 2 is 1.03 bits per heavy atom. The minimum Gasteiger partial charge on any atom is -0.328 e. The van der Waals surface area contributed by atoms with E-state index in [2.05, 4.69) is 0 Å². The van der Waals surface area contributed by atoms with Gasteiger partial charge in [0.25, 0.3) is 0 Å². The van der Waals surface area contributed by atoms with E-state index in [1.54, 1.807) is 0 Å². The molecule has 0 aliphatic carbocycles. The highest BCUT2D eigenvalue weighted by Gasteiger charge is 2.55. The summed E-state index contributed by atoms with van der Waals surface area (Å²) < 4.78 is 10.1. The van der Waals surface area contributed by atoms with Crippen molar-refractivity contribution in [3.63, 3.8) is 0 Å². The van der Waals surface area contributed by atoms with Crippen LogP contribution in [0.3, 0.4) is 0 Å². The summed E-state index contributed by atoms with van der Waals surface area (Å²) in [7, 11) is -5.05. The first-order chi connectivity index (χ1) is 13.2. The van der Waals surface area contributed by atoms with Crippen molar-refractivity contribution in [3.05, 3.63) is 34.4 Å². The molecular weight excluding hydrogens is 466 g/mol. The second-order valence-corrected chi connectivity index (χ2v) is 8.54. The van der Waals surface area contributed by atoms with Crippen LogP contribution in [0, 0.1) is 0 Å². The molecule has 0 saturated heterocycles. The molecule has 0 aromatic heterocycles. The van der Waals surface area contributed by atoms with Gasteiger partial charge in [0.15, 0.2) is 0 Å². The number of fused-ring (bicyclic) bond motifs is 1. The molecule has 0 fully saturated rings. The van der Waals surface area contributed by atoms with E-state index >= 15 is 0 Å². The van der Waals surface area contributed by atoms with E-state index in [-0.39, 0.29) is 33.0 Å². The summed E-state index contributed by atoms with van der Waals surface area (Å²) in [5.41, 5.74) is 2.18. The van der Waals surface area contributed by atoms with E-state index in [0.717, 1.165) is 11.1 Å². The minimum atomic E-state index is -2.52. The molecule has 1 aliphatic heterocycles. The average molecular weight is 503 g/mol. The number of rotatable bonds is 10. The van der Waals surface area contributed by atoms with Crippen molar-refractivity contribution in [1.82, 2.24) is 5.06 Å². The number of hydrogen-bond acceptors (Lipinski definition) is 8. The molecule has 0 spiro atoms. The molecule has 5 N–H and O–H groups in total. The summed E-state index contributed by atoms with van der Waals surface area (Å²) in [6, 6.07) is 3.85. The van der Waals surface area contributed by atoms with Gasteiger partial charge in [-0.3, -0.25) is 0 Å². The molecule has 2 unspecified atom stereocenters. The van der Waals surface area contributed by atoms with Crippen LogP contribution in [0.15, 0.2) is 12.1 Å². The lowest BCUT2D eigenvalue weighted by atomic mass is 9.80. The quantitative estimate of drug-likeness (QED) is 0.304. The van der Waals surface area contributed by atoms with E-state index in [4.69, 9.17) is 28.6 Å². The Labute approximate surface area is 188 Å². The second kappa shape index (κ2) is 12.8. The Hall–Kier alpha value is 0.620. The van der Waals surface area contributed by atoms with Crippen LogP contribution in [0.1, 0.15) is 75.6 Å². The highest BCUT2D eigenvalue weighted by molar-refractivity contribution is 7.39. The lowest BCUT2D eigenvalue weighted by Crippen LogP contribution is -2.48. The summed E-state index contributed by atoms with van der Waals surface area (Å²) in [5, 5.41) is 12.8. The molecule has 1 aromatic rings. The topological polar surface area (TPSA) is 123 Å². The third kappa shape index (κ3) is 5.57. The summed E-state index contributed by atoms with van der Waals surface area (Å²) >= 11 is 0. The molecule has 1 aromatic carbocycles. The third-order valence-corrected chi connectivity index (χ3v) is 6.88. The van der Waals surface area contributed by atoms with Gasteiger partial charge in [0.2, 0.25) is 0 Å². The molecule has 2 atom stereocenters. The predicted octanol–water partition coefficient (Wildman–Crippen LogP) is 3.99. The molecule has 0 saturated carbocycles. The zero-order chi connectivity index (χ0) is 21.1. The molecule has 0 amide bonds. The van der Waals surface area contributed by atoms with Crippen molar-refractivity contribution in [2.75, 3.05) is 0 Å². The normalized spacial score (nSPS) is 17.0. The van der Waals surface area contributed by atoms with E-state index in [9.17, 15) is 5.21 Å². The van der Waals surface area contributed by atoms with Crippen LogP contribution in [0.5, 0.6) is 0 Å². The standard InChI is InChI=1S/C18H31NO7P2.2H3P/c1-5-17(6-2)15-9-13(11-25-27(21)22)14(12-26-28(23)24)10-16(15)18(7-3,8-4)19(17)20;;/h9-10,20-24H,5-8,11-12H2,1-4H3;2*1H3. The molecule has 176 valence electrons. The molecular formula is C18H37NO7P4. The number of hydrogen-bond donors (Lipinski definition) is 5. The SMILES string of the molecule is CCC1(CC)c2cc(COP(O)O)c(COP(O)O)cc2C(CC)(CC)N1O.P.P. The Morgan fingerprint density at radius 3 is 1.27 bits per heavy atom. The molecule has 2 rings (SSSR count). The Kier molecular flexibility index (Phi) is 13.0. The maximum Gasteiger partial charge on any atom is 0.327 e. The van der Waals surface area contributed by atoms with Gasteiger partial charge in [-0.15, -0.1) is 0 Å². The first-order valence-corrected chi connectivity index (χ1v) is 11.8. The fraction of sp³-hybridized carbons (Fsp3) is 0.667. The van der Waals surface area contributed by atoms with Crippen molar-refractivity contribution in [2.24, 2.45) is 0 Å². The number of hydroxylamine groups is 2. The van der Waals surface area contributed by atoms with Crippen molar-refractivity contribution in [1.29, 1.82) is 0 Å². The maximum atomic E-state index is 11.3. The summed E-state index contributed by atoms with van der Waals surface area (Å²) in [5.74, 6) is 0. The van der Waals surface area contributed by atoms with Crippen molar-refractivity contribution in [2.45, 2.75) is 77.7 Å².